The van der Waals surface area contributed by atoms with Crippen LogP contribution in [0.5, 0.6) is 0 Å². The molecule has 0 heterocycles. The Hall–Kier alpha value is -1.24. The average molecular weight is 147 g/mol. The van der Waals surface area contributed by atoms with E-state index in [1.54, 1.807) is 0 Å². The summed E-state index contributed by atoms with van der Waals surface area (Å²) in [6.45, 7) is 5.79. The zero-order valence-electron chi connectivity index (χ0n) is 6.80. The van der Waals surface area contributed by atoms with Crippen molar-refractivity contribution in [2.45, 2.75) is 13.3 Å². The van der Waals surface area contributed by atoms with E-state index in [0.717, 1.165) is 17.7 Å². The maximum absolute atomic E-state index is 5.72. The fourth-order valence-electron chi connectivity index (χ4n) is 1.06. The van der Waals surface area contributed by atoms with Gasteiger partial charge >= 0.3 is 0 Å². The van der Waals surface area contributed by atoms with Crippen molar-refractivity contribution in [3.63, 3.8) is 0 Å². The highest BCUT2D eigenvalue weighted by molar-refractivity contribution is 5.56. The molecule has 0 amide bonds. The molecule has 11 heavy (non-hydrogen) atoms. The summed E-state index contributed by atoms with van der Waals surface area (Å²) in [6, 6.07) is 5.97. The molecule has 0 unspecified atom stereocenters. The van der Waals surface area contributed by atoms with Gasteiger partial charge in [-0.2, -0.15) is 0 Å². The van der Waals surface area contributed by atoms with E-state index >= 15 is 0 Å². The molecular weight excluding hydrogens is 134 g/mol. The van der Waals surface area contributed by atoms with Crippen LogP contribution in [-0.2, 0) is 6.42 Å². The summed E-state index contributed by atoms with van der Waals surface area (Å²) >= 11 is 0. The van der Waals surface area contributed by atoms with Crippen molar-refractivity contribution in [3.8, 4) is 0 Å². The lowest BCUT2D eigenvalue weighted by Gasteiger charge is -2.02. The van der Waals surface area contributed by atoms with Gasteiger partial charge in [0.05, 0.1) is 0 Å². The molecule has 1 heteroatoms. The molecule has 0 aliphatic rings. The lowest BCUT2D eigenvalue weighted by Crippen LogP contribution is -1.92. The minimum Gasteiger partial charge on any atom is -0.399 e. The van der Waals surface area contributed by atoms with E-state index < -0.39 is 0 Å². The van der Waals surface area contributed by atoms with Crippen LogP contribution in [0.4, 0.5) is 5.69 Å². The fourth-order valence-corrected chi connectivity index (χ4v) is 1.06. The van der Waals surface area contributed by atoms with Gasteiger partial charge in [0.1, 0.15) is 0 Å². The van der Waals surface area contributed by atoms with Crippen LogP contribution >= 0.6 is 0 Å². The maximum Gasteiger partial charge on any atom is 0.0346 e. The molecule has 0 atom stereocenters. The largest absolute Gasteiger partial charge is 0.399 e. The first-order valence-electron chi connectivity index (χ1n) is 3.78. The summed E-state index contributed by atoms with van der Waals surface area (Å²) in [4.78, 5) is 0. The molecule has 1 aromatic carbocycles. The van der Waals surface area contributed by atoms with E-state index in [9.17, 15) is 0 Å². The topological polar surface area (TPSA) is 26.0 Å². The second-order valence-electron chi connectivity index (χ2n) is 2.52. The molecule has 0 aliphatic carbocycles. The third-order valence-corrected chi connectivity index (χ3v) is 1.78. The van der Waals surface area contributed by atoms with Crippen molar-refractivity contribution < 1.29 is 0 Å². The average Bonchev–Trinajstić information content (AvgIpc) is 2.05. The van der Waals surface area contributed by atoms with Crippen molar-refractivity contribution >= 4 is 11.8 Å². The third-order valence-electron chi connectivity index (χ3n) is 1.78. The van der Waals surface area contributed by atoms with Gasteiger partial charge in [-0.25, -0.2) is 0 Å². The molecule has 58 valence electrons. The molecule has 1 rings (SSSR count). The highest BCUT2D eigenvalue weighted by Crippen LogP contribution is 2.14. The van der Waals surface area contributed by atoms with Gasteiger partial charge in [0, 0.05) is 5.69 Å². The predicted molar refractivity (Wildman–Crippen MR) is 50.3 cm³/mol. The highest BCUT2D eigenvalue weighted by atomic mass is 14.6. The smallest absolute Gasteiger partial charge is 0.0346 e. The van der Waals surface area contributed by atoms with E-state index in [4.69, 9.17) is 5.73 Å². The summed E-state index contributed by atoms with van der Waals surface area (Å²) in [5, 5.41) is 0. The lowest BCUT2D eigenvalue weighted by molar-refractivity contribution is 1.14. The van der Waals surface area contributed by atoms with Gasteiger partial charge in [-0.05, 0) is 29.7 Å². The number of rotatable bonds is 2. The Labute approximate surface area is 67.5 Å². The van der Waals surface area contributed by atoms with Crippen LogP contribution in [0.2, 0.25) is 0 Å². The van der Waals surface area contributed by atoms with Crippen LogP contribution in [0.3, 0.4) is 0 Å². The van der Waals surface area contributed by atoms with Crippen LogP contribution < -0.4 is 5.73 Å². The fraction of sp³-hybridized carbons (Fsp3) is 0.200. The van der Waals surface area contributed by atoms with E-state index in [0.29, 0.717) is 0 Å². The van der Waals surface area contributed by atoms with Gasteiger partial charge in [0.25, 0.3) is 0 Å². The zero-order valence-corrected chi connectivity index (χ0v) is 6.80. The number of hydrogen-bond donors (Lipinski definition) is 1. The lowest BCUT2D eigenvalue weighted by atomic mass is 10.1. The van der Waals surface area contributed by atoms with Gasteiger partial charge in [0.2, 0.25) is 0 Å². The summed E-state index contributed by atoms with van der Waals surface area (Å²) in [6.07, 6.45) is 2.81. The van der Waals surface area contributed by atoms with Crippen molar-refractivity contribution in [2.75, 3.05) is 5.73 Å². The Morgan fingerprint density at radius 3 is 2.82 bits per heavy atom. The molecule has 1 aromatic rings. The zero-order chi connectivity index (χ0) is 8.27. The van der Waals surface area contributed by atoms with Crippen molar-refractivity contribution in [1.82, 2.24) is 0 Å². The Bertz CT molecular complexity index is 264. The quantitative estimate of drug-likeness (QED) is 0.639. The van der Waals surface area contributed by atoms with Gasteiger partial charge < -0.3 is 5.73 Å². The molecule has 0 aromatic heterocycles. The summed E-state index contributed by atoms with van der Waals surface area (Å²) in [5.41, 5.74) is 8.93. The normalized spacial score (nSPS) is 9.55. The van der Waals surface area contributed by atoms with Crippen LogP contribution in [0.25, 0.3) is 6.08 Å². The number of aryl methyl sites for hydroxylation is 1. The van der Waals surface area contributed by atoms with Crippen LogP contribution in [-0.4, -0.2) is 0 Å². The van der Waals surface area contributed by atoms with Crippen molar-refractivity contribution in [1.29, 1.82) is 0 Å². The summed E-state index contributed by atoms with van der Waals surface area (Å²) < 4.78 is 0. The standard InChI is InChI=1S/C10H13N/c1-3-8-5-6-10(11)9(4-2)7-8/h3,5-7H,1,4,11H2,2H3. The SMILES string of the molecule is C=Cc1ccc(N)c(CC)c1. The first kappa shape index (κ1) is 7.86. The molecule has 0 saturated heterocycles. The number of hydrogen-bond acceptors (Lipinski definition) is 1. The molecule has 0 saturated carbocycles. The molecule has 0 bridgehead atoms. The van der Waals surface area contributed by atoms with E-state index in [1.165, 1.54) is 5.56 Å². The number of benzene rings is 1. The van der Waals surface area contributed by atoms with Crippen LogP contribution in [0, 0.1) is 0 Å². The highest BCUT2D eigenvalue weighted by Gasteiger charge is 1.95. The first-order chi connectivity index (χ1) is 5.27. The Kier molecular flexibility index (Phi) is 2.32. The van der Waals surface area contributed by atoms with Gasteiger partial charge in [0.15, 0.2) is 0 Å². The Morgan fingerprint density at radius 2 is 2.27 bits per heavy atom. The number of nitrogens with two attached hydrogens (primary N) is 1. The molecular formula is C10H13N. The van der Waals surface area contributed by atoms with Gasteiger partial charge in [-0.1, -0.05) is 25.6 Å². The van der Waals surface area contributed by atoms with Gasteiger partial charge in [-0.3, -0.25) is 0 Å². The molecule has 0 spiro atoms. The molecule has 0 radical (unpaired) electrons. The predicted octanol–water partition coefficient (Wildman–Crippen LogP) is 2.47. The maximum atomic E-state index is 5.72. The summed E-state index contributed by atoms with van der Waals surface area (Å²) in [7, 11) is 0. The van der Waals surface area contributed by atoms with Crippen LogP contribution in [0.15, 0.2) is 24.8 Å². The molecule has 1 nitrogen and oxygen atoms in total. The van der Waals surface area contributed by atoms with Crippen molar-refractivity contribution in [3.05, 3.63) is 35.9 Å². The number of anilines is 1. The second kappa shape index (κ2) is 3.24. The number of nitrogen functional groups attached to an aromatic ring is 1. The van der Waals surface area contributed by atoms with E-state index in [-0.39, 0.29) is 0 Å². The Balaban J connectivity index is 3.12. The van der Waals surface area contributed by atoms with Crippen LogP contribution in [0.1, 0.15) is 18.1 Å². The Morgan fingerprint density at radius 1 is 1.55 bits per heavy atom. The molecule has 2 N–H and O–H groups in total. The van der Waals surface area contributed by atoms with Crippen molar-refractivity contribution in [2.24, 2.45) is 0 Å². The monoisotopic (exact) mass is 147 g/mol. The minimum atomic E-state index is 0.873. The second-order valence-corrected chi connectivity index (χ2v) is 2.52. The molecule has 0 aliphatic heterocycles. The minimum absolute atomic E-state index is 0.873. The molecule has 0 fully saturated rings. The third kappa shape index (κ3) is 1.61. The first-order valence-corrected chi connectivity index (χ1v) is 3.78. The van der Waals surface area contributed by atoms with E-state index in [1.807, 2.05) is 18.2 Å². The van der Waals surface area contributed by atoms with Gasteiger partial charge in [-0.15, -0.1) is 0 Å². The van der Waals surface area contributed by atoms with E-state index in [2.05, 4.69) is 19.6 Å². The summed E-state index contributed by atoms with van der Waals surface area (Å²) in [5.74, 6) is 0.